The molecular weight excluding hydrogens is 472 g/mol. The Hall–Kier alpha value is -3.24. The number of carbonyl (C=O) groups is 1. The van der Waals surface area contributed by atoms with Crippen molar-refractivity contribution in [2.75, 3.05) is 49.9 Å². The lowest BCUT2D eigenvalue weighted by Crippen LogP contribution is -2.45. The first-order chi connectivity index (χ1) is 17.7. The van der Waals surface area contributed by atoms with Crippen molar-refractivity contribution in [2.45, 2.75) is 38.1 Å². The van der Waals surface area contributed by atoms with Gasteiger partial charge in [0.15, 0.2) is 0 Å². The number of rotatable bonds is 6. The highest BCUT2D eigenvalue weighted by molar-refractivity contribution is 7.16. The van der Waals surface area contributed by atoms with Gasteiger partial charge in [-0.25, -0.2) is 19.7 Å². The number of nitrogens with one attached hydrogen (secondary N) is 3. The molecule has 1 aromatic carbocycles. The molecule has 3 N–H and O–H groups in total. The Bertz CT molecular complexity index is 1270. The fourth-order valence-electron chi connectivity index (χ4n) is 5.35. The molecule has 2 amide bonds. The molecule has 3 aromatic rings. The van der Waals surface area contributed by atoms with Crippen molar-refractivity contribution in [3.05, 3.63) is 47.2 Å². The lowest BCUT2D eigenvalue weighted by molar-refractivity contribution is 0.194. The number of fused-ring (bicyclic) bond motifs is 2. The molecule has 3 aliphatic heterocycles. The van der Waals surface area contributed by atoms with E-state index in [0.717, 1.165) is 78.7 Å². The van der Waals surface area contributed by atoms with Crippen molar-refractivity contribution in [1.29, 1.82) is 0 Å². The van der Waals surface area contributed by atoms with Gasteiger partial charge in [0.1, 0.15) is 18.0 Å². The van der Waals surface area contributed by atoms with Crippen molar-refractivity contribution in [3.8, 4) is 0 Å². The molecule has 3 aliphatic rings. The Balaban J connectivity index is 1.04. The van der Waals surface area contributed by atoms with Crippen LogP contribution in [0.1, 0.15) is 31.2 Å². The van der Waals surface area contributed by atoms with Gasteiger partial charge in [-0.05, 0) is 56.1 Å². The summed E-state index contributed by atoms with van der Waals surface area (Å²) in [4.78, 5) is 30.4. The molecule has 0 saturated carbocycles. The Morgan fingerprint density at radius 3 is 2.92 bits per heavy atom. The maximum atomic E-state index is 12.7. The van der Waals surface area contributed by atoms with E-state index in [1.807, 2.05) is 22.5 Å². The quantitative estimate of drug-likeness (QED) is 0.437. The van der Waals surface area contributed by atoms with E-state index in [2.05, 4.69) is 47.9 Å². The third-order valence-electron chi connectivity index (χ3n) is 7.39. The summed E-state index contributed by atoms with van der Waals surface area (Å²) in [6, 6.07) is 6.40. The molecule has 1 fully saturated rings. The minimum atomic E-state index is 0.0419. The molecule has 0 aliphatic carbocycles. The first-order valence-corrected chi connectivity index (χ1v) is 13.8. The summed E-state index contributed by atoms with van der Waals surface area (Å²) in [5, 5.41) is 10.2. The number of nitrogens with zero attached hydrogens (tertiary/aromatic N) is 5. The van der Waals surface area contributed by atoms with Crippen LogP contribution in [0.5, 0.6) is 0 Å². The molecule has 2 aromatic heterocycles. The second-order valence-corrected chi connectivity index (χ2v) is 10.6. The molecule has 1 unspecified atom stereocenters. The predicted molar refractivity (Wildman–Crippen MR) is 144 cm³/mol. The predicted octanol–water partition coefficient (Wildman–Crippen LogP) is 3.99. The van der Waals surface area contributed by atoms with Crippen LogP contribution >= 0.6 is 11.3 Å². The van der Waals surface area contributed by atoms with E-state index >= 15 is 0 Å². The van der Waals surface area contributed by atoms with Crippen molar-refractivity contribution >= 4 is 44.9 Å². The molecule has 9 nitrogen and oxygen atoms in total. The van der Waals surface area contributed by atoms with Gasteiger partial charge in [0, 0.05) is 43.9 Å². The number of likely N-dealkylation sites (tertiary alicyclic amines) is 1. The highest BCUT2D eigenvalue weighted by Crippen LogP contribution is 2.34. The smallest absolute Gasteiger partial charge is 0.317 e. The van der Waals surface area contributed by atoms with E-state index in [9.17, 15) is 4.79 Å². The number of thiazole rings is 1. The number of hydrogen-bond acceptors (Lipinski definition) is 8. The molecule has 188 valence electrons. The fourth-order valence-corrected chi connectivity index (χ4v) is 6.07. The highest BCUT2D eigenvalue weighted by atomic mass is 32.1. The van der Waals surface area contributed by atoms with Crippen LogP contribution in [0, 0.1) is 0 Å². The van der Waals surface area contributed by atoms with Crippen molar-refractivity contribution in [3.63, 3.8) is 0 Å². The van der Waals surface area contributed by atoms with Gasteiger partial charge >= 0.3 is 6.03 Å². The van der Waals surface area contributed by atoms with Crippen LogP contribution in [0.4, 0.5) is 22.1 Å². The number of urea groups is 1. The summed E-state index contributed by atoms with van der Waals surface area (Å²) in [7, 11) is 0. The van der Waals surface area contributed by atoms with Crippen LogP contribution in [0.3, 0.4) is 0 Å². The van der Waals surface area contributed by atoms with E-state index in [1.54, 1.807) is 17.7 Å². The van der Waals surface area contributed by atoms with Crippen molar-refractivity contribution < 1.29 is 4.79 Å². The van der Waals surface area contributed by atoms with Gasteiger partial charge < -0.3 is 25.8 Å². The van der Waals surface area contributed by atoms with Crippen LogP contribution in [-0.4, -0.2) is 76.1 Å². The number of hydrogen-bond donors (Lipinski definition) is 3. The largest absolute Gasteiger partial charge is 0.363 e. The zero-order chi connectivity index (χ0) is 24.3. The highest BCUT2D eigenvalue weighted by Gasteiger charge is 2.30. The van der Waals surface area contributed by atoms with Crippen molar-refractivity contribution in [2.24, 2.45) is 0 Å². The Kier molecular flexibility index (Phi) is 6.69. The summed E-state index contributed by atoms with van der Waals surface area (Å²) in [5.74, 6) is 1.72. The van der Waals surface area contributed by atoms with Crippen LogP contribution in [0.25, 0.3) is 10.2 Å². The minimum Gasteiger partial charge on any atom is -0.363 e. The van der Waals surface area contributed by atoms with E-state index in [4.69, 9.17) is 0 Å². The normalized spacial score (nSPS) is 20.1. The molecule has 10 heteroatoms. The first kappa shape index (κ1) is 23.2. The molecule has 0 bridgehead atoms. The Morgan fingerprint density at radius 2 is 2.06 bits per heavy atom. The second-order valence-electron chi connectivity index (χ2n) is 9.72. The van der Waals surface area contributed by atoms with Gasteiger partial charge in [0.25, 0.3) is 0 Å². The van der Waals surface area contributed by atoms with E-state index in [-0.39, 0.29) is 12.1 Å². The molecule has 5 heterocycles. The summed E-state index contributed by atoms with van der Waals surface area (Å²) in [6.45, 7) is 5.36. The molecule has 0 spiro atoms. The van der Waals surface area contributed by atoms with Crippen LogP contribution in [0.15, 0.2) is 41.7 Å². The van der Waals surface area contributed by atoms with E-state index in [1.165, 1.54) is 24.8 Å². The minimum absolute atomic E-state index is 0.0419. The topological polar surface area (TPSA) is 98.3 Å². The summed E-state index contributed by atoms with van der Waals surface area (Å²) in [5.41, 5.74) is 6.31. The van der Waals surface area contributed by atoms with Gasteiger partial charge in [-0.2, -0.15) is 0 Å². The standard InChI is InChI=1S/C26H32N8OS/c35-26(27-8-13-33-9-2-1-3-10-33)34-11-6-18(7-12-34)22-15-20-24(28-16-29-25(20)32-22)31-19-4-5-21-23(14-19)36-17-30-21/h4-6,14,16-17,22H,1-3,7-13,15H2,(H,27,35)(H2,28,29,31,32). The number of amides is 2. The number of piperidine rings is 1. The van der Waals surface area contributed by atoms with Gasteiger partial charge in [0.05, 0.1) is 21.8 Å². The third-order valence-corrected chi connectivity index (χ3v) is 8.18. The number of benzene rings is 1. The zero-order valence-corrected chi connectivity index (χ0v) is 21.2. The van der Waals surface area contributed by atoms with Crippen LogP contribution in [0.2, 0.25) is 0 Å². The Labute approximate surface area is 215 Å². The number of aromatic nitrogens is 3. The average molecular weight is 505 g/mol. The van der Waals surface area contributed by atoms with Crippen LogP contribution in [-0.2, 0) is 6.42 Å². The van der Waals surface area contributed by atoms with Gasteiger partial charge in [-0.1, -0.05) is 12.5 Å². The lowest BCUT2D eigenvalue weighted by Gasteiger charge is -2.30. The average Bonchev–Trinajstić information content (AvgIpc) is 3.57. The van der Waals surface area contributed by atoms with E-state index in [0.29, 0.717) is 6.54 Å². The first-order valence-electron chi connectivity index (χ1n) is 12.9. The van der Waals surface area contributed by atoms with E-state index < -0.39 is 0 Å². The molecule has 6 rings (SSSR count). The maximum absolute atomic E-state index is 12.7. The Morgan fingerprint density at radius 1 is 1.14 bits per heavy atom. The molecule has 0 radical (unpaired) electrons. The second kappa shape index (κ2) is 10.4. The molecular formula is C26H32N8OS. The van der Waals surface area contributed by atoms with Gasteiger partial charge in [-0.3, -0.25) is 0 Å². The number of carbonyl (C=O) groups excluding carboxylic acids is 1. The maximum Gasteiger partial charge on any atom is 0.317 e. The zero-order valence-electron chi connectivity index (χ0n) is 20.4. The molecule has 36 heavy (non-hydrogen) atoms. The van der Waals surface area contributed by atoms with Gasteiger partial charge in [-0.15, -0.1) is 11.3 Å². The molecule has 1 atom stereocenters. The van der Waals surface area contributed by atoms with Crippen molar-refractivity contribution in [1.82, 2.24) is 30.1 Å². The fraction of sp³-hybridized carbons (Fsp3) is 0.462. The SMILES string of the molecule is O=C(NCCN1CCCCC1)N1CC=C(C2Cc3c(Nc4ccc5ncsc5c4)ncnc3N2)CC1. The lowest BCUT2D eigenvalue weighted by atomic mass is 9.97. The summed E-state index contributed by atoms with van der Waals surface area (Å²) in [6.07, 6.45) is 9.39. The number of anilines is 3. The summed E-state index contributed by atoms with van der Waals surface area (Å²) >= 11 is 1.63. The van der Waals surface area contributed by atoms with Crippen LogP contribution < -0.4 is 16.0 Å². The summed E-state index contributed by atoms with van der Waals surface area (Å²) < 4.78 is 1.15. The molecule has 1 saturated heterocycles. The third kappa shape index (κ3) is 5.01. The van der Waals surface area contributed by atoms with Gasteiger partial charge in [0.2, 0.25) is 0 Å². The monoisotopic (exact) mass is 504 g/mol.